The molecule has 0 aliphatic heterocycles. The molecule has 0 heterocycles. The van der Waals surface area contributed by atoms with Gasteiger partial charge in [0, 0.05) is 5.92 Å². The lowest BCUT2D eigenvalue weighted by molar-refractivity contribution is 0.395. The Morgan fingerprint density at radius 2 is 1.87 bits per heavy atom. The zero-order chi connectivity index (χ0) is 11.5. The first kappa shape index (κ1) is 14.4. The second-order valence-electron chi connectivity index (χ2n) is 4.21. The number of unbranched alkanes of at least 4 members (excludes halogenated alkanes) is 4. The van der Waals surface area contributed by atoms with Crippen molar-refractivity contribution in [1.29, 1.82) is 0 Å². The minimum Gasteiger partial charge on any atom is -0.212 e. The van der Waals surface area contributed by atoms with Crippen LogP contribution in [0, 0.1) is 5.92 Å². The van der Waals surface area contributed by atoms with E-state index in [0.29, 0.717) is 0 Å². The summed E-state index contributed by atoms with van der Waals surface area (Å²) in [6.45, 7) is 9.30. The van der Waals surface area contributed by atoms with E-state index in [-0.39, 0.29) is 11.7 Å². The molecule has 0 rings (SSSR count). The van der Waals surface area contributed by atoms with E-state index in [1.165, 1.54) is 19.3 Å². The first-order valence-electron chi connectivity index (χ1n) is 6.17. The van der Waals surface area contributed by atoms with Crippen LogP contribution in [0.2, 0.25) is 0 Å². The Balaban J connectivity index is 3.63. The Morgan fingerprint density at radius 1 is 1.20 bits per heavy atom. The molecule has 0 aromatic heterocycles. The Kier molecular flexibility index (Phi) is 9.55. The number of rotatable bonds is 10. The van der Waals surface area contributed by atoms with Gasteiger partial charge in [0.05, 0.1) is 5.83 Å². The Morgan fingerprint density at radius 3 is 2.40 bits per heavy atom. The average molecular weight is 212 g/mol. The van der Waals surface area contributed by atoms with Crippen LogP contribution in [0.1, 0.15) is 58.3 Å². The molecule has 0 radical (unpaired) electrons. The van der Waals surface area contributed by atoms with Gasteiger partial charge in [0.25, 0.3) is 0 Å². The van der Waals surface area contributed by atoms with Crippen LogP contribution in [0.25, 0.3) is 0 Å². The van der Waals surface area contributed by atoms with Gasteiger partial charge < -0.3 is 0 Å². The highest BCUT2D eigenvalue weighted by Crippen LogP contribution is 2.24. The van der Waals surface area contributed by atoms with Crippen LogP contribution in [0.5, 0.6) is 0 Å². The highest BCUT2D eigenvalue weighted by molar-refractivity contribution is 4.89. The molecule has 1 unspecified atom stereocenters. The average Bonchev–Trinajstić information content (AvgIpc) is 2.21. The quantitative estimate of drug-likeness (QED) is 0.335. The zero-order valence-corrected chi connectivity index (χ0v) is 10.1. The first-order valence-corrected chi connectivity index (χ1v) is 6.17. The van der Waals surface area contributed by atoms with Crippen LogP contribution in [-0.4, -0.2) is 0 Å². The van der Waals surface area contributed by atoms with Crippen molar-refractivity contribution in [2.75, 3.05) is 0 Å². The van der Waals surface area contributed by atoms with Crippen molar-refractivity contribution in [3.63, 3.8) is 0 Å². The predicted molar refractivity (Wildman–Crippen MR) is 66.5 cm³/mol. The van der Waals surface area contributed by atoms with Crippen molar-refractivity contribution >= 4 is 0 Å². The second kappa shape index (κ2) is 9.95. The molecular weight excluding hydrogens is 187 g/mol. The van der Waals surface area contributed by atoms with Gasteiger partial charge in [-0.3, -0.25) is 0 Å². The van der Waals surface area contributed by atoms with E-state index in [4.69, 9.17) is 0 Å². The van der Waals surface area contributed by atoms with Gasteiger partial charge in [-0.25, -0.2) is 4.39 Å². The summed E-state index contributed by atoms with van der Waals surface area (Å²) < 4.78 is 13.1. The molecule has 0 spiro atoms. The third-order valence-corrected chi connectivity index (χ3v) is 2.81. The topological polar surface area (TPSA) is 0 Å². The molecule has 0 saturated heterocycles. The van der Waals surface area contributed by atoms with Crippen molar-refractivity contribution in [2.45, 2.75) is 58.3 Å². The van der Waals surface area contributed by atoms with Crippen LogP contribution in [0.3, 0.4) is 0 Å². The van der Waals surface area contributed by atoms with Crippen LogP contribution in [-0.2, 0) is 0 Å². The fourth-order valence-corrected chi connectivity index (χ4v) is 1.78. The van der Waals surface area contributed by atoms with E-state index in [2.05, 4.69) is 20.1 Å². The van der Waals surface area contributed by atoms with Crippen molar-refractivity contribution < 1.29 is 4.39 Å². The van der Waals surface area contributed by atoms with Crippen LogP contribution in [0.15, 0.2) is 25.1 Å². The molecule has 0 bridgehead atoms. The third-order valence-electron chi connectivity index (χ3n) is 2.81. The summed E-state index contributed by atoms with van der Waals surface area (Å²) in [7, 11) is 0. The van der Waals surface area contributed by atoms with Gasteiger partial charge in [-0.2, -0.15) is 0 Å². The van der Waals surface area contributed by atoms with E-state index >= 15 is 0 Å². The number of halogens is 1. The standard InChI is InChI=1S/C14H25F/c1-4-6-8-10-12-14(13(3)15)11-9-7-5-2/h5,14H,2-4,6-12H2,1H3. The summed E-state index contributed by atoms with van der Waals surface area (Å²) in [6, 6.07) is 0. The molecule has 0 aromatic rings. The maximum Gasteiger partial charge on any atom is 0.0958 e. The molecule has 0 aromatic carbocycles. The molecule has 0 amide bonds. The van der Waals surface area contributed by atoms with Gasteiger partial charge in [-0.05, 0) is 25.7 Å². The van der Waals surface area contributed by atoms with Crippen molar-refractivity contribution in [1.82, 2.24) is 0 Å². The maximum absolute atomic E-state index is 13.1. The highest BCUT2D eigenvalue weighted by atomic mass is 19.1. The molecule has 15 heavy (non-hydrogen) atoms. The summed E-state index contributed by atoms with van der Waals surface area (Å²) in [6.07, 6.45) is 10.7. The molecule has 88 valence electrons. The lowest BCUT2D eigenvalue weighted by Gasteiger charge is -2.13. The van der Waals surface area contributed by atoms with E-state index < -0.39 is 0 Å². The van der Waals surface area contributed by atoms with Crippen molar-refractivity contribution in [2.24, 2.45) is 5.92 Å². The fraction of sp³-hybridized carbons (Fsp3) is 0.714. The number of allylic oxidation sites excluding steroid dienone is 2. The molecular formula is C14H25F. The predicted octanol–water partition coefficient (Wildman–Crippen LogP) is 5.41. The Bertz CT molecular complexity index is 172. The molecule has 0 aliphatic carbocycles. The minimum absolute atomic E-state index is 0.0850. The summed E-state index contributed by atoms with van der Waals surface area (Å²) in [5.74, 6) is -0.0441. The van der Waals surface area contributed by atoms with Gasteiger partial charge in [0.15, 0.2) is 0 Å². The second-order valence-corrected chi connectivity index (χ2v) is 4.21. The largest absolute Gasteiger partial charge is 0.212 e. The monoisotopic (exact) mass is 212 g/mol. The minimum atomic E-state index is -0.129. The van der Waals surface area contributed by atoms with Crippen molar-refractivity contribution in [3.8, 4) is 0 Å². The van der Waals surface area contributed by atoms with Gasteiger partial charge >= 0.3 is 0 Å². The van der Waals surface area contributed by atoms with Crippen LogP contribution >= 0.6 is 0 Å². The summed E-state index contributed by atoms with van der Waals surface area (Å²) in [5.41, 5.74) is 0. The van der Waals surface area contributed by atoms with Crippen LogP contribution in [0.4, 0.5) is 4.39 Å². The van der Waals surface area contributed by atoms with Gasteiger partial charge in [0.1, 0.15) is 0 Å². The van der Waals surface area contributed by atoms with Gasteiger partial charge in [-0.1, -0.05) is 45.3 Å². The van der Waals surface area contributed by atoms with Crippen molar-refractivity contribution in [3.05, 3.63) is 25.1 Å². The van der Waals surface area contributed by atoms with Gasteiger partial charge in [-0.15, -0.1) is 6.58 Å². The highest BCUT2D eigenvalue weighted by Gasteiger charge is 2.11. The zero-order valence-electron chi connectivity index (χ0n) is 10.1. The van der Waals surface area contributed by atoms with E-state index in [9.17, 15) is 4.39 Å². The molecule has 0 fully saturated rings. The molecule has 0 saturated carbocycles. The Hall–Kier alpha value is -0.590. The third kappa shape index (κ3) is 8.41. The molecule has 1 heteroatoms. The maximum atomic E-state index is 13.1. The molecule has 0 nitrogen and oxygen atoms in total. The lowest BCUT2D eigenvalue weighted by atomic mass is 9.94. The SMILES string of the molecule is C=CCCCC(CCCCCC)C(=C)F. The first-order chi connectivity index (χ1) is 7.22. The van der Waals surface area contributed by atoms with E-state index in [1.807, 2.05) is 6.08 Å². The summed E-state index contributed by atoms with van der Waals surface area (Å²) >= 11 is 0. The fourth-order valence-electron chi connectivity index (χ4n) is 1.78. The molecule has 1 atom stereocenters. The molecule has 0 N–H and O–H groups in total. The molecule has 0 aliphatic rings. The number of hydrogen-bond donors (Lipinski definition) is 0. The van der Waals surface area contributed by atoms with Gasteiger partial charge in [0.2, 0.25) is 0 Å². The van der Waals surface area contributed by atoms with Crippen LogP contribution < -0.4 is 0 Å². The smallest absolute Gasteiger partial charge is 0.0958 e. The van der Waals surface area contributed by atoms with E-state index in [1.54, 1.807) is 0 Å². The normalized spacial score (nSPS) is 12.4. The lowest BCUT2D eigenvalue weighted by Crippen LogP contribution is -2.00. The Labute approximate surface area is 94.3 Å². The summed E-state index contributed by atoms with van der Waals surface area (Å²) in [5, 5.41) is 0. The summed E-state index contributed by atoms with van der Waals surface area (Å²) in [4.78, 5) is 0. The van der Waals surface area contributed by atoms with E-state index in [0.717, 1.165) is 32.1 Å². The number of hydrogen-bond acceptors (Lipinski definition) is 0.